The highest BCUT2D eigenvalue weighted by Crippen LogP contribution is 2.52. The molecule has 3 atom stereocenters. The van der Waals surface area contributed by atoms with Crippen LogP contribution < -0.4 is 0 Å². The van der Waals surface area contributed by atoms with Crippen molar-refractivity contribution in [3.63, 3.8) is 0 Å². The predicted molar refractivity (Wildman–Crippen MR) is 104 cm³/mol. The van der Waals surface area contributed by atoms with Crippen LogP contribution >= 0.6 is 11.8 Å². The predicted octanol–water partition coefficient (Wildman–Crippen LogP) is 2.41. The lowest BCUT2D eigenvalue weighted by molar-refractivity contribution is -0.129. The molecule has 0 aromatic carbocycles. The molecule has 148 valence electrons. The molecule has 2 saturated heterocycles. The molecule has 0 N–H and O–H groups in total. The zero-order valence-corrected chi connectivity index (χ0v) is 17.4. The van der Waals surface area contributed by atoms with Gasteiger partial charge in [-0.2, -0.15) is 11.8 Å². The molecule has 7 heteroatoms. The van der Waals surface area contributed by atoms with Crippen LogP contribution in [-0.2, 0) is 22.6 Å². The number of furan rings is 1. The fourth-order valence-electron chi connectivity index (χ4n) is 4.81. The van der Waals surface area contributed by atoms with Gasteiger partial charge < -0.3 is 19.0 Å². The number of hydrogen-bond acceptors (Lipinski definition) is 5. The number of hydrogen-bond donors (Lipinski definition) is 0. The maximum absolute atomic E-state index is 13.2. The van der Waals surface area contributed by atoms with Crippen molar-refractivity contribution in [1.82, 2.24) is 9.80 Å². The van der Waals surface area contributed by atoms with Gasteiger partial charge in [-0.05, 0) is 13.2 Å². The van der Waals surface area contributed by atoms with Gasteiger partial charge in [-0.15, -0.1) is 0 Å². The van der Waals surface area contributed by atoms with Gasteiger partial charge in [0.2, 0.25) is 5.91 Å². The smallest absolute Gasteiger partial charge is 0.289 e. The average Bonchev–Trinajstić information content (AvgIpc) is 3.26. The first kappa shape index (κ1) is 18.9. The van der Waals surface area contributed by atoms with Gasteiger partial charge in [0.15, 0.2) is 5.76 Å². The van der Waals surface area contributed by atoms with Crippen LogP contribution in [0, 0.1) is 10.8 Å². The topological polar surface area (TPSA) is 63.0 Å². The Bertz CT molecular complexity index is 758. The summed E-state index contributed by atoms with van der Waals surface area (Å²) in [6.45, 7) is 10.3. The van der Waals surface area contributed by atoms with Gasteiger partial charge in [-0.25, -0.2) is 0 Å². The molecule has 0 spiro atoms. The average molecular weight is 393 g/mol. The van der Waals surface area contributed by atoms with Crippen LogP contribution in [0.3, 0.4) is 0 Å². The van der Waals surface area contributed by atoms with E-state index in [1.807, 2.05) is 23.0 Å². The largest absolute Gasteiger partial charge is 0.458 e. The Morgan fingerprint density at radius 2 is 1.78 bits per heavy atom. The number of rotatable bonds is 3. The molecule has 2 fully saturated rings. The van der Waals surface area contributed by atoms with E-state index in [0.717, 1.165) is 17.5 Å². The van der Waals surface area contributed by atoms with Crippen LogP contribution in [0.2, 0.25) is 0 Å². The summed E-state index contributed by atoms with van der Waals surface area (Å²) in [6.07, 6.45) is 4.36. The SMILES string of the molecule is CSC(C)C(=O)N1C[C@]2(C)CN(C(=O)c3occ4c3CCOC4)C[C@]2(C)C1. The van der Waals surface area contributed by atoms with Gasteiger partial charge in [0.25, 0.3) is 5.91 Å². The summed E-state index contributed by atoms with van der Waals surface area (Å²) in [6, 6.07) is 0. The highest BCUT2D eigenvalue weighted by Gasteiger charge is 2.59. The van der Waals surface area contributed by atoms with Gasteiger partial charge in [-0.3, -0.25) is 9.59 Å². The minimum Gasteiger partial charge on any atom is -0.458 e. The fourth-order valence-corrected chi connectivity index (χ4v) is 5.16. The van der Waals surface area contributed by atoms with Gasteiger partial charge in [0.05, 0.1) is 24.7 Å². The number of fused-ring (bicyclic) bond motifs is 2. The summed E-state index contributed by atoms with van der Waals surface area (Å²) >= 11 is 1.58. The van der Waals surface area contributed by atoms with E-state index in [9.17, 15) is 9.59 Å². The number of carbonyl (C=O) groups excluding carboxylic acids is 2. The molecular weight excluding hydrogens is 364 g/mol. The Balaban J connectivity index is 1.51. The Morgan fingerprint density at radius 1 is 1.15 bits per heavy atom. The summed E-state index contributed by atoms with van der Waals surface area (Å²) in [7, 11) is 0. The molecule has 0 saturated carbocycles. The first-order chi connectivity index (χ1) is 12.8. The van der Waals surface area contributed by atoms with E-state index in [4.69, 9.17) is 9.15 Å². The van der Waals surface area contributed by atoms with Crippen molar-refractivity contribution < 1.29 is 18.7 Å². The molecule has 0 bridgehead atoms. The van der Waals surface area contributed by atoms with Gasteiger partial charge in [0.1, 0.15) is 0 Å². The summed E-state index contributed by atoms with van der Waals surface area (Å²) in [5.74, 6) is 0.659. The summed E-state index contributed by atoms with van der Waals surface area (Å²) < 4.78 is 11.1. The third-order valence-corrected chi connectivity index (χ3v) is 7.75. The molecule has 3 aliphatic heterocycles. The second-order valence-electron chi connectivity index (χ2n) is 8.73. The van der Waals surface area contributed by atoms with Crippen molar-refractivity contribution in [2.75, 3.05) is 39.0 Å². The maximum atomic E-state index is 13.2. The lowest BCUT2D eigenvalue weighted by Crippen LogP contribution is -2.40. The number of likely N-dealkylation sites (tertiary alicyclic amines) is 2. The quantitative estimate of drug-likeness (QED) is 0.791. The molecule has 0 radical (unpaired) electrons. The fraction of sp³-hybridized carbons (Fsp3) is 0.700. The van der Waals surface area contributed by atoms with Crippen LogP contribution in [0.15, 0.2) is 10.7 Å². The maximum Gasteiger partial charge on any atom is 0.289 e. The van der Waals surface area contributed by atoms with Crippen LogP contribution in [0.1, 0.15) is 42.5 Å². The Hall–Kier alpha value is -1.47. The van der Waals surface area contributed by atoms with E-state index >= 15 is 0 Å². The number of nitrogens with zero attached hydrogens (tertiary/aromatic N) is 2. The van der Waals surface area contributed by atoms with Crippen molar-refractivity contribution in [3.8, 4) is 0 Å². The lowest BCUT2D eigenvalue weighted by Gasteiger charge is -2.29. The first-order valence-corrected chi connectivity index (χ1v) is 10.8. The Labute approximate surface area is 164 Å². The molecule has 27 heavy (non-hydrogen) atoms. The normalized spacial score (nSPS) is 31.0. The molecule has 4 heterocycles. The van der Waals surface area contributed by atoms with E-state index in [1.165, 1.54) is 0 Å². The minimum absolute atomic E-state index is 0.0226. The molecular formula is C20H28N2O4S. The molecule has 0 aliphatic carbocycles. The van der Waals surface area contributed by atoms with E-state index in [0.29, 0.717) is 45.2 Å². The first-order valence-electron chi connectivity index (χ1n) is 9.56. The highest BCUT2D eigenvalue weighted by molar-refractivity contribution is 7.99. The molecule has 3 aliphatic rings. The number of carbonyl (C=O) groups is 2. The number of ether oxygens (including phenoxy) is 1. The van der Waals surface area contributed by atoms with Gasteiger partial charge >= 0.3 is 0 Å². The Morgan fingerprint density at radius 3 is 2.41 bits per heavy atom. The zero-order chi connectivity index (χ0) is 19.4. The summed E-state index contributed by atoms with van der Waals surface area (Å²) in [4.78, 5) is 29.7. The third kappa shape index (κ3) is 2.90. The van der Waals surface area contributed by atoms with Crippen molar-refractivity contribution >= 4 is 23.6 Å². The van der Waals surface area contributed by atoms with Crippen molar-refractivity contribution in [2.24, 2.45) is 10.8 Å². The molecule has 4 rings (SSSR count). The van der Waals surface area contributed by atoms with E-state index in [2.05, 4.69) is 13.8 Å². The van der Waals surface area contributed by atoms with E-state index < -0.39 is 0 Å². The van der Waals surface area contributed by atoms with Gasteiger partial charge in [0, 0.05) is 54.6 Å². The van der Waals surface area contributed by atoms with Gasteiger partial charge in [-0.1, -0.05) is 13.8 Å². The second-order valence-corrected chi connectivity index (χ2v) is 9.90. The Kier molecular flexibility index (Phi) is 4.58. The molecule has 1 unspecified atom stereocenters. The van der Waals surface area contributed by atoms with Crippen molar-refractivity contribution in [1.29, 1.82) is 0 Å². The van der Waals surface area contributed by atoms with E-state index in [1.54, 1.807) is 18.0 Å². The van der Waals surface area contributed by atoms with Crippen LogP contribution in [0.25, 0.3) is 0 Å². The summed E-state index contributed by atoms with van der Waals surface area (Å²) in [5, 5.41) is -0.0226. The lowest BCUT2D eigenvalue weighted by atomic mass is 9.71. The zero-order valence-electron chi connectivity index (χ0n) is 16.5. The third-order valence-electron chi connectivity index (χ3n) is 6.85. The van der Waals surface area contributed by atoms with E-state index in [-0.39, 0.29) is 27.9 Å². The second kappa shape index (κ2) is 6.55. The number of amides is 2. The molecule has 1 aromatic rings. The van der Waals surface area contributed by atoms with Crippen molar-refractivity contribution in [2.45, 2.75) is 39.0 Å². The minimum atomic E-state index is -0.0911. The van der Waals surface area contributed by atoms with Crippen LogP contribution in [-0.4, -0.2) is 65.9 Å². The molecule has 2 amide bonds. The molecule has 6 nitrogen and oxygen atoms in total. The van der Waals surface area contributed by atoms with Crippen LogP contribution in [0.4, 0.5) is 0 Å². The highest BCUT2D eigenvalue weighted by atomic mass is 32.2. The molecule has 1 aromatic heterocycles. The number of thioether (sulfide) groups is 1. The monoisotopic (exact) mass is 392 g/mol. The standard InChI is InChI=1S/C20H28N2O4S/c1-13(27-4)17(23)21-9-19(2)11-22(12-20(19,3)10-21)18(24)16-15-5-6-25-7-14(15)8-26-16/h8,13H,5-7,9-12H2,1-4H3/t13?,19-,20+. The van der Waals surface area contributed by atoms with Crippen LogP contribution in [0.5, 0.6) is 0 Å². The summed E-state index contributed by atoms with van der Waals surface area (Å²) in [5.41, 5.74) is 1.81. The van der Waals surface area contributed by atoms with Crippen molar-refractivity contribution in [3.05, 3.63) is 23.2 Å².